The Morgan fingerprint density at radius 3 is 2.29 bits per heavy atom. The number of carbonyl (C=O) groups is 1. The first-order chi connectivity index (χ1) is 13.4. The van der Waals surface area contributed by atoms with Crippen LogP contribution in [0.4, 0.5) is 0 Å². The third-order valence-corrected chi connectivity index (χ3v) is 5.18. The number of rotatable bonds is 6. The Morgan fingerprint density at radius 2 is 1.64 bits per heavy atom. The fraction of sp³-hybridized carbons (Fsp3) is 0.381. The lowest BCUT2D eigenvalue weighted by Crippen LogP contribution is -2.56. The summed E-state index contributed by atoms with van der Waals surface area (Å²) in [7, 11) is 0. The molecule has 0 amide bonds. The van der Waals surface area contributed by atoms with Crippen molar-refractivity contribution in [3.63, 3.8) is 0 Å². The zero-order valence-electron chi connectivity index (χ0n) is 15.2. The SMILES string of the molecule is O=C(O)c1ccc(Cc2ccccc2O[C@@H]2C[C@H](CO)[C@@H](O)[C@H](O)[C@H]2O)cc1. The van der Waals surface area contributed by atoms with E-state index in [1.54, 1.807) is 24.3 Å². The summed E-state index contributed by atoms with van der Waals surface area (Å²) in [5.41, 5.74) is 1.94. The summed E-state index contributed by atoms with van der Waals surface area (Å²) in [5.74, 6) is -1.05. The normalized spacial score (nSPS) is 27.4. The summed E-state index contributed by atoms with van der Waals surface area (Å²) in [4.78, 5) is 11.0. The molecule has 0 heterocycles. The van der Waals surface area contributed by atoms with Crippen LogP contribution >= 0.6 is 0 Å². The predicted molar refractivity (Wildman–Crippen MR) is 100 cm³/mol. The van der Waals surface area contributed by atoms with Crippen molar-refractivity contribution in [2.75, 3.05) is 6.61 Å². The topological polar surface area (TPSA) is 127 Å². The second kappa shape index (κ2) is 8.70. The van der Waals surface area contributed by atoms with Crippen LogP contribution in [-0.2, 0) is 6.42 Å². The lowest BCUT2D eigenvalue weighted by Gasteiger charge is -2.39. The van der Waals surface area contributed by atoms with Crippen LogP contribution in [0, 0.1) is 5.92 Å². The van der Waals surface area contributed by atoms with Gasteiger partial charge in [-0.25, -0.2) is 4.79 Å². The van der Waals surface area contributed by atoms with Crippen LogP contribution < -0.4 is 4.74 Å². The minimum atomic E-state index is -1.40. The van der Waals surface area contributed by atoms with Gasteiger partial charge in [0.25, 0.3) is 0 Å². The summed E-state index contributed by atoms with van der Waals surface area (Å²) in [6.45, 7) is -0.317. The Bertz CT molecular complexity index is 803. The van der Waals surface area contributed by atoms with Gasteiger partial charge in [0.15, 0.2) is 0 Å². The van der Waals surface area contributed by atoms with Crippen LogP contribution in [0.15, 0.2) is 48.5 Å². The molecule has 0 unspecified atom stereocenters. The first kappa shape index (κ1) is 20.3. The minimum Gasteiger partial charge on any atom is -0.487 e. The molecule has 1 aliphatic rings. The van der Waals surface area contributed by atoms with E-state index in [9.17, 15) is 25.2 Å². The summed E-state index contributed by atoms with van der Waals surface area (Å²) < 4.78 is 5.96. The van der Waals surface area contributed by atoms with E-state index < -0.39 is 36.3 Å². The van der Waals surface area contributed by atoms with Crippen molar-refractivity contribution < 1.29 is 35.1 Å². The second-order valence-corrected chi connectivity index (χ2v) is 7.09. The summed E-state index contributed by atoms with van der Waals surface area (Å²) in [5, 5.41) is 48.6. The molecule has 7 nitrogen and oxygen atoms in total. The van der Waals surface area contributed by atoms with E-state index in [0.717, 1.165) is 11.1 Å². The van der Waals surface area contributed by atoms with Crippen molar-refractivity contribution in [1.29, 1.82) is 0 Å². The van der Waals surface area contributed by atoms with Crippen molar-refractivity contribution >= 4 is 5.97 Å². The molecule has 0 aliphatic heterocycles. The number of para-hydroxylation sites is 1. The highest BCUT2D eigenvalue weighted by Gasteiger charge is 2.43. The van der Waals surface area contributed by atoms with Gasteiger partial charge < -0.3 is 30.3 Å². The predicted octanol–water partition coefficient (Wildman–Crippen LogP) is 0.818. The van der Waals surface area contributed by atoms with Gasteiger partial charge in [0.05, 0.1) is 11.7 Å². The van der Waals surface area contributed by atoms with Gasteiger partial charge in [0.2, 0.25) is 0 Å². The van der Waals surface area contributed by atoms with Gasteiger partial charge >= 0.3 is 5.97 Å². The average Bonchev–Trinajstić information content (AvgIpc) is 2.70. The Labute approximate surface area is 162 Å². The zero-order valence-corrected chi connectivity index (χ0v) is 15.2. The molecule has 7 heteroatoms. The van der Waals surface area contributed by atoms with E-state index in [-0.39, 0.29) is 18.6 Å². The standard InChI is InChI=1S/C21H24O7/c22-11-15-10-17(19(24)20(25)18(15)23)28-16-4-2-1-3-14(16)9-12-5-7-13(8-6-12)21(26)27/h1-8,15,17-20,22-25H,9-11H2,(H,26,27)/t15-,17-,18-,19+,20+/m1/s1. The average molecular weight is 388 g/mol. The molecule has 0 saturated heterocycles. The summed E-state index contributed by atoms with van der Waals surface area (Å²) in [6, 6.07) is 13.8. The van der Waals surface area contributed by atoms with Gasteiger partial charge in [-0.3, -0.25) is 0 Å². The molecule has 5 N–H and O–H groups in total. The molecular weight excluding hydrogens is 364 g/mol. The molecule has 1 saturated carbocycles. The maximum atomic E-state index is 11.0. The van der Waals surface area contributed by atoms with Gasteiger partial charge in [-0.05, 0) is 35.7 Å². The van der Waals surface area contributed by atoms with Gasteiger partial charge in [-0.15, -0.1) is 0 Å². The number of ether oxygens (including phenoxy) is 1. The first-order valence-corrected chi connectivity index (χ1v) is 9.12. The zero-order chi connectivity index (χ0) is 20.3. The van der Waals surface area contributed by atoms with Crippen LogP contribution in [0.1, 0.15) is 27.9 Å². The van der Waals surface area contributed by atoms with E-state index in [4.69, 9.17) is 9.84 Å². The number of benzene rings is 2. The second-order valence-electron chi connectivity index (χ2n) is 7.09. The van der Waals surface area contributed by atoms with Crippen molar-refractivity contribution in [2.24, 2.45) is 5.92 Å². The molecule has 2 aromatic rings. The number of aromatic carboxylic acids is 1. The van der Waals surface area contributed by atoms with Crippen molar-refractivity contribution in [3.05, 3.63) is 65.2 Å². The van der Waals surface area contributed by atoms with Gasteiger partial charge in [0, 0.05) is 18.9 Å². The number of hydrogen-bond acceptors (Lipinski definition) is 6. The Hall–Kier alpha value is -2.45. The summed E-state index contributed by atoms with van der Waals surface area (Å²) >= 11 is 0. The highest BCUT2D eigenvalue weighted by Crippen LogP contribution is 2.31. The molecule has 2 aromatic carbocycles. The van der Waals surface area contributed by atoms with Crippen molar-refractivity contribution in [3.8, 4) is 5.75 Å². The molecule has 1 fully saturated rings. The van der Waals surface area contributed by atoms with Gasteiger partial charge in [0.1, 0.15) is 24.1 Å². The van der Waals surface area contributed by atoms with Gasteiger partial charge in [-0.2, -0.15) is 0 Å². The Balaban J connectivity index is 1.77. The number of aliphatic hydroxyl groups is 4. The lowest BCUT2D eigenvalue weighted by atomic mass is 9.81. The monoisotopic (exact) mass is 388 g/mol. The molecule has 150 valence electrons. The molecule has 0 spiro atoms. The Kier molecular flexibility index (Phi) is 6.31. The van der Waals surface area contributed by atoms with Crippen LogP contribution in [0.5, 0.6) is 5.75 Å². The van der Waals surface area contributed by atoms with Crippen molar-refractivity contribution in [2.45, 2.75) is 37.3 Å². The quantitative estimate of drug-likeness (QED) is 0.496. The third-order valence-electron chi connectivity index (χ3n) is 5.18. The van der Waals surface area contributed by atoms with Crippen LogP contribution in [-0.4, -0.2) is 62.5 Å². The van der Waals surface area contributed by atoms with E-state index in [1.807, 2.05) is 12.1 Å². The highest BCUT2D eigenvalue weighted by molar-refractivity contribution is 5.87. The van der Waals surface area contributed by atoms with Gasteiger partial charge in [-0.1, -0.05) is 30.3 Å². The number of aliphatic hydroxyl groups excluding tert-OH is 4. The van der Waals surface area contributed by atoms with E-state index >= 15 is 0 Å². The molecular formula is C21H24O7. The largest absolute Gasteiger partial charge is 0.487 e. The minimum absolute atomic E-state index is 0.206. The van der Waals surface area contributed by atoms with E-state index in [0.29, 0.717) is 12.2 Å². The number of carboxylic acids is 1. The lowest BCUT2D eigenvalue weighted by molar-refractivity contribution is -0.157. The van der Waals surface area contributed by atoms with Crippen LogP contribution in [0.25, 0.3) is 0 Å². The molecule has 0 aromatic heterocycles. The van der Waals surface area contributed by atoms with Crippen molar-refractivity contribution in [1.82, 2.24) is 0 Å². The fourth-order valence-corrected chi connectivity index (χ4v) is 3.49. The number of carboxylic acid groups (broad SMARTS) is 1. The fourth-order valence-electron chi connectivity index (χ4n) is 3.49. The molecule has 0 radical (unpaired) electrons. The summed E-state index contributed by atoms with van der Waals surface area (Å²) in [6.07, 6.45) is -3.95. The molecule has 3 rings (SSSR count). The highest BCUT2D eigenvalue weighted by atomic mass is 16.5. The van der Waals surface area contributed by atoms with Crippen LogP contribution in [0.2, 0.25) is 0 Å². The maximum absolute atomic E-state index is 11.0. The van der Waals surface area contributed by atoms with E-state index in [2.05, 4.69) is 0 Å². The first-order valence-electron chi connectivity index (χ1n) is 9.12. The molecule has 0 bridgehead atoms. The molecule has 28 heavy (non-hydrogen) atoms. The third kappa shape index (κ3) is 4.34. The van der Waals surface area contributed by atoms with E-state index in [1.165, 1.54) is 12.1 Å². The smallest absolute Gasteiger partial charge is 0.335 e. The van der Waals surface area contributed by atoms with Crippen LogP contribution in [0.3, 0.4) is 0 Å². The molecule has 5 atom stereocenters. The number of hydrogen-bond donors (Lipinski definition) is 5. The maximum Gasteiger partial charge on any atom is 0.335 e. The Morgan fingerprint density at radius 1 is 0.964 bits per heavy atom. The molecule has 1 aliphatic carbocycles.